The van der Waals surface area contributed by atoms with Crippen LogP contribution in [-0.4, -0.2) is 36.7 Å². The van der Waals surface area contributed by atoms with Crippen molar-refractivity contribution in [3.63, 3.8) is 0 Å². The van der Waals surface area contributed by atoms with Gasteiger partial charge in [0.1, 0.15) is 12.2 Å². The van der Waals surface area contributed by atoms with Crippen molar-refractivity contribution >= 4 is 5.91 Å². The lowest BCUT2D eigenvalue weighted by Gasteiger charge is -2.17. The SMILES string of the molecule is Cc1ccc(OCCC2CCN(C(=O)CC(F)(F)F)C2)cc1. The molecule has 1 atom stereocenters. The number of carbonyl (C=O) groups is 1. The van der Waals surface area contributed by atoms with Crippen LogP contribution in [0.25, 0.3) is 0 Å². The minimum absolute atomic E-state index is 0.211. The van der Waals surface area contributed by atoms with Gasteiger partial charge < -0.3 is 9.64 Å². The smallest absolute Gasteiger partial charge is 0.397 e. The molecule has 1 aliphatic rings. The van der Waals surface area contributed by atoms with Gasteiger partial charge in [0.2, 0.25) is 5.91 Å². The van der Waals surface area contributed by atoms with E-state index in [0.717, 1.165) is 24.2 Å². The second kappa shape index (κ2) is 7.03. The Kier molecular flexibility index (Phi) is 5.32. The summed E-state index contributed by atoms with van der Waals surface area (Å²) < 4.78 is 42.2. The number of aryl methyl sites for hydroxylation is 1. The normalized spacial score (nSPS) is 18.5. The quantitative estimate of drug-likeness (QED) is 0.831. The molecule has 0 radical (unpaired) electrons. The van der Waals surface area contributed by atoms with E-state index in [0.29, 0.717) is 19.7 Å². The summed E-state index contributed by atoms with van der Waals surface area (Å²) in [5.74, 6) is 0.172. The highest BCUT2D eigenvalue weighted by atomic mass is 19.4. The molecule has 0 aliphatic carbocycles. The number of amides is 1. The number of carbonyl (C=O) groups excluding carboxylic acids is 1. The van der Waals surface area contributed by atoms with Gasteiger partial charge in [-0.05, 0) is 37.8 Å². The second-order valence-corrected chi connectivity index (χ2v) is 5.74. The van der Waals surface area contributed by atoms with Crippen molar-refractivity contribution in [2.75, 3.05) is 19.7 Å². The predicted octanol–water partition coefficient (Wildman–Crippen LogP) is 3.56. The van der Waals surface area contributed by atoms with Gasteiger partial charge in [0.15, 0.2) is 0 Å². The van der Waals surface area contributed by atoms with Crippen molar-refractivity contribution in [1.82, 2.24) is 4.90 Å². The second-order valence-electron chi connectivity index (χ2n) is 5.74. The topological polar surface area (TPSA) is 29.5 Å². The first-order valence-electron chi connectivity index (χ1n) is 7.37. The van der Waals surface area contributed by atoms with Gasteiger partial charge in [0.25, 0.3) is 0 Å². The van der Waals surface area contributed by atoms with Gasteiger partial charge in [-0.1, -0.05) is 17.7 Å². The Labute approximate surface area is 128 Å². The summed E-state index contributed by atoms with van der Waals surface area (Å²) in [4.78, 5) is 12.8. The molecule has 1 fully saturated rings. The fourth-order valence-electron chi connectivity index (χ4n) is 2.56. The van der Waals surface area contributed by atoms with Crippen LogP contribution in [0.1, 0.15) is 24.8 Å². The summed E-state index contributed by atoms with van der Waals surface area (Å²) in [5.41, 5.74) is 1.15. The number of hydrogen-bond donors (Lipinski definition) is 0. The largest absolute Gasteiger partial charge is 0.494 e. The highest BCUT2D eigenvalue weighted by molar-refractivity contribution is 5.77. The first-order chi connectivity index (χ1) is 10.3. The third-order valence-electron chi connectivity index (χ3n) is 3.81. The maximum atomic E-state index is 12.2. The van der Waals surface area contributed by atoms with E-state index in [4.69, 9.17) is 4.74 Å². The molecule has 0 N–H and O–H groups in total. The molecule has 2 rings (SSSR count). The van der Waals surface area contributed by atoms with E-state index in [1.165, 1.54) is 4.90 Å². The van der Waals surface area contributed by atoms with Crippen molar-refractivity contribution < 1.29 is 22.7 Å². The van der Waals surface area contributed by atoms with Crippen LogP contribution >= 0.6 is 0 Å². The average molecular weight is 315 g/mol. The number of hydrogen-bond acceptors (Lipinski definition) is 2. The summed E-state index contributed by atoms with van der Waals surface area (Å²) in [6.07, 6.45) is -4.31. The van der Waals surface area contributed by atoms with Crippen LogP contribution in [0, 0.1) is 12.8 Å². The number of ether oxygens (including phenoxy) is 1. The summed E-state index contributed by atoms with van der Waals surface area (Å²) >= 11 is 0. The maximum Gasteiger partial charge on any atom is 0.397 e. The monoisotopic (exact) mass is 315 g/mol. The van der Waals surface area contributed by atoms with E-state index in [9.17, 15) is 18.0 Å². The van der Waals surface area contributed by atoms with Crippen LogP contribution in [0.4, 0.5) is 13.2 Å². The molecule has 1 aromatic rings. The van der Waals surface area contributed by atoms with Gasteiger partial charge in [0, 0.05) is 13.1 Å². The molecule has 1 aromatic carbocycles. The fraction of sp³-hybridized carbons (Fsp3) is 0.562. The van der Waals surface area contributed by atoms with Crippen molar-refractivity contribution in [3.8, 4) is 5.75 Å². The zero-order valence-electron chi connectivity index (χ0n) is 12.5. The van der Waals surface area contributed by atoms with Crippen molar-refractivity contribution in [2.24, 2.45) is 5.92 Å². The van der Waals surface area contributed by atoms with Crippen LogP contribution < -0.4 is 4.74 Å². The molecule has 3 nitrogen and oxygen atoms in total. The molecule has 1 heterocycles. The van der Waals surface area contributed by atoms with Crippen LogP contribution in [0.3, 0.4) is 0 Å². The van der Waals surface area contributed by atoms with Gasteiger partial charge in [-0.3, -0.25) is 4.79 Å². The van der Waals surface area contributed by atoms with E-state index in [1.807, 2.05) is 31.2 Å². The Morgan fingerprint density at radius 3 is 2.64 bits per heavy atom. The first-order valence-corrected chi connectivity index (χ1v) is 7.37. The molecule has 0 saturated carbocycles. The van der Waals surface area contributed by atoms with Gasteiger partial charge in [-0.2, -0.15) is 13.2 Å². The highest BCUT2D eigenvalue weighted by Gasteiger charge is 2.35. The lowest BCUT2D eigenvalue weighted by atomic mass is 10.1. The zero-order chi connectivity index (χ0) is 16.2. The van der Waals surface area contributed by atoms with Gasteiger partial charge >= 0.3 is 6.18 Å². The number of alkyl halides is 3. The molecule has 1 unspecified atom stereocenters. The standard InChI is InChI=1S/C16H20F3NO2/c1-12-2-4-14(5-3-12)22-9-7-13-6-8-20(11-13)15(21)10-16(17,18)19/h2-5,13H,6-11H2,1H3. The summed E-state index contributed by atoms with van der Waals surface area (Å²) in [7, 11) is 0. The summed E-state index contributed by atoms with van der Waals surface area (Å²) in [6.45, 7) is 3.31. The average Bonchev–Trinajstić information content (AvgIpc) is 2.88. The van der Waals surface area contributed by atoms with Crippen molar-refractivity contribution in [1.29, 1.82) is 0 Å². The number of nitrogens with zero attached hydrogens (tertiary/aromatic N) is 1. The molecular formula is C16H20F3NO2. The summed E-state index contributed by atoms with van der Waals surface area (Å²) in [5, 5.41) is 0. The molecule has 122 valence electrons. The van der Waals surface area contributed by atoms with Crippen LogP contribution in [0.15, 0.2) is 24.3 Å². The van der Waals surface area contributed by atoms with E-state index in [1.54, 1.807) is 0 Å². The van der Waals surface area contributed by atoms with E-state index >= 15 is 0 Å². The fourth-order valence-corrected chi connectivity index (χ4v) is 2.56. The molecule has 22 heavy (non-hydrogen) atoms. The van der Waals surface area contributed by atoms with E-state index in [-0.39, 0.29) is 5.92 Å². The number of likely N-dealkylation sites (tertiary alicyclic amines) is 1. The zero-order valence-corrected chi connectivity index (χ0v) is 12.5. The van der Waals surface area contributed by atoms with Crippen molar-refractivity contribution in [2.45, 2.75) is 32.4 Å². The van der Waals surface area contributed by atoms with Gasteiger partial charge in [0.05, 0.1) is 6.61 Å². The predicted molar refractivity (Wildman–Crippen MR) is 76.7 cm³/mol. The molecule has 6 heteroatoms. The molecule has 1 amide bonds. The third kappa shape index (κ3) is 5.24. The lowest BCUT2D eigenvalue weighted by molar-refractivity contribution is -0.160. The van der Waals surface area contributed by atoms with E-state index in [2.05, 4.69) is 0 Å². The molecule has 0 aromatic heterocycles. The van der Waals surface area contributed by atoms with E-state index < -0.39 is 18.5 Å². The number of benzene rings is 1. The van der Waals surface area contributed by atoms with Gasteiger partial charge in [-0.15, -0.1) is 0 Å². The Hall–Kier alpha value is -1.72. The Balaban J connectivity index is 1.70. The molecule has 0 bridgehead atoms. The first kappa shape index (κ1) is 16.6. The van der Waals surface area contributed by atoms with Crippen molar-refractivity contribution in [3.05, 3.63) is 29.8 Å². The van der Waals surface area contributed by atoms with Crippen LogP contribution in [-0.2, 0) is 4.79 Å². The maximum absolute atomic E-state index is 12.2. The minimum Gasteiger partial charge on any atom is -0.494 e. The Morgan fingerprint density at radius 2 is 2.00 bits per heavy atom. The molecule has 1 saturated heterocycles. The van der Waals surface area contributed by atoms with Crippen LogP contribution in [0.5, 0.6) is 5.75 Å². The summed E-state index contributed by atoms with van der Waals surface area (Å²) in [6, 6.07) is 7.71. The molecular weight excluding hydrogens is 295 g/mol. The number of halogens is 3. The highest BCUT2D eigenvalue weighted by Crippen LogP contribution is 2.25. The lowest BCUT2D eigenvalue weighted by Crippen LogP contribution is -2.32. The third-order valence-corrected chi connectivity index (χ3v) is 3.81. The number of rotatable bonds is 5. The molecule has 1 aliphatic heterocycles. The van der Waals surface area contributed by atoms with Gasteiger partial charge in [-0.25, -0.2) is 0 Å². The Bertz CT molecular complexity index is 499. The van der Waals surface area contributed by atoms with Crippen LogP contribution in [0.2, 0.25) is 0 Å². The minimum atomic E-state index is -4.43. The Morgan fingerprint density at radius 1 is 1.32 bits per heavy atom. The molecule has 0 spiro atoms.